The van der Waals surface area contributed by atoms with Gasteiger partial charge in [0.15, 0.2) is 0 Å². The second-order valence-electron chi connectivity index (χ2n) is 5.58. The molecule has 0 heterocycles. The van der Waals surface area contributed by atoms with Crippen LogP contribution in [0.15, 0.2) is 0 Å². The van der Waals surface area contributed by atoms with Crippen molar-refractivity contribution < 1.29 is 23.8 Å². The summed E-state index contributed by atoms with van der Waals surface area (Å²) in [4.78, 5) is 22.4. The van der Waals surface area contributed by atoms with Crippen molar-refractivity contribution in [2.45, 2.75) is 57.7 Å². The molecule has 0 saturated heterocycles. The first-order chi connectivity index (χ1) is 7.64. The predicted molar refractivity (Wildman–Crippen MR) is 59.3 cm³/mol. The third kappa shape index (κ3) is 3.68. The summed E-state index contributed by atoms with van der Waals surface area (Å²) in [5, 5.41) is 8.79. The highest BCUT2D eigenvalue weighted by atomic mass is 19.1. The number of aliphatic carboxylic acids is 1. The van der Waals surface area contributed by atoms with Gasteiger partial charge in [-0.3, -0.25) is 4.79 Å². The van der Waals surface area contributed by atoms with Gasteiger partial charge < -0.3 is 9.84 Å². The number of carbonyl (C=O) groups is 2. The summed E-state index contributed by atoms with van der Waals surface area (Å²) in [6.45, 7) is 5.03. The molecule has 4 nitrogen and oxygen atoms in total. The molecule has 5 heteroatoms. The molecule has 0 spiro atoms. The van der Waals surface area contributed by atoms with E-state index >= 15 is 0 Å². The van der Waals surface area contributed by atoms with Crippen LogP contribution in [0.3, 0.4) is 0 Å². The van der Waals surface area contributed by atoms with E-state index < -0.39 is 29.1 Å². The highest BCUT2D eigenvalue weighted by molar-refractivity contribution is 5.80. The van der Waals surface area contributed by atoms with Gasteiger partial charge in [-0.2, -0.15) is 0 Å². The Hall–Kier alpha value is -1.13. The zero-order valence-electron chi connectivity index (χ0n) is 10.5. The summed E-state index contributed by atoms with van der Waals surface area (Å²) in [6, 6.07) is 0. The van der Waals surface area contributed by atoms with Crippen LogP contribution in [-0.2, 0) is 14.3 Å². The van der Waals surface area contributed by atoms with Gasteiger partial charge in [-0.15, -0.1) is 0 Å². The molecule has 1 rings (SSSR count). The van der Waals surface area contributed by atoms with E-state index in [4.69, 9.17) is 9.84 Å². The summed E-state index contributed by atoms with van der Waals surface area (Å²) < 4.78 is 19.3. The van der Waals surface area contributed by atoms with Gasteiger partial charge in [0.25, 0.3) is 0 Å². The van der Waals surface area contributed by atoms with Crippen molar-refractivity contribution >= 4 is 11.9 Å². The molecule has 0 radical (unpaired) electrons. The Bertz CT molecular complexity index is 311. The SMILES string of the molecule is CC(C)(C)OC(=O)[C@]1(F)CC[C@@H](C(=O)O)CC1. The third-order valence-corrected chi connectivity index (χ3v) is 2.89. The quantitative estimate of drug-likeness (QED) is 0.759. The van der Waals surface area contributed by atoms with Gasteiger partial charge in [0.1, 0.15) is 5.60 Å². The monoisotopic (exact) mass is 246 g/mol. The van der Waals surface area contributed by atoms with Crippen LogP contribution < -0.4 is 0 Å². The molecule has 0 aromatic carbocycles. The van der Waals surface area contributed by atoms with Crippen LogP contribution in [0.5, 0.6) is 0 Å². The summed E-state index contributed by atoms with van der Waals surface area (Å²) >= 11 is 0. The number of ether oxygens (including phenoxy) is 1. The maximum atomic E-state index is 14.3. The Morgan fingerprint density at radius 3 is 2.12 bits per heavy atom. The van der Waals surface area contributed by atoms with Crippen LogP contribution in [-0.4, -0.2) is 28.3 Å². The van der Waals surface area contributed by atoms with Crippen molar-refractivity contribution in [3.63, 3.8) is 0 Å². The second-order valence-corrected chi connectivity index (χ2v) is 5.58. The van der Waals surface area contributed by atoms with Gasteiger partial charge in [-0.1, -0.05) is 0 Å². The molecular formula is C12H19FO4. The third-order valence-electron chi connectivity index (χ3n) is 2.89. The number of carboxylic acids is 1. The first-order valence-corrected chi connectivity index (χ1v) is 5.79. The lowest BCUT2D eigenvalue weighted by Crippen LogP contribution is -2.43. The molecule has 1 aliphatic carbocycles. The van der Waals surface area contributed by atoms with Crippen molar-refractivity contribution in [3.8, 4) is 0 Å². The highest BCUT2D eigenvalue weighted by Gasteiger charge is 2.46. The van der Waals surface area contributed by atoms with Crippen LogP contribution >= 0.6 is 0 Å². The fraction of sp³-hybridized carbons (Fsp3) is 0.833. The smallest absolute Gasteiger partial charge is 0.344 e. The molecule has 1 aliphatic rings. The van der Waals surface area contributed by atoms with Crippen LogP contribution in [0.1, 0.15) is 46.5 Å². The van der Waals surface area contributed by atoms with Crippen LogP contribution in [0, 0.1) is 5.92 Å². The van der Waals surface area contributed by atoms with Crippen molar-refractivity contribution in [3.05, 3.63) is 0 Å². The number of esters is 1. The van der Waals surface area contributed by atoms with Crippen LogP contribution in [0.4, 0.5) is 4.39 Å². The average molecular weight is 246 g/mol. The molecule has 17 heavy (non-hydrogen) atoms. The Labute approximate surface area is 100 Å². The first kappa shape index (κ1) is 13.9. The van der Waals surface area contributed by atoms with E-state index in [0.29, 0.717) is 0 Å². The van der Waals surface area contributed by atoms with E-state index in [-0.39, 0.29) is 25.7 Å². The molecule has 0 aromatic heterocycles. The normalized spacial score (nSPS) is 29.8. The number of hydrogen-bond donors (Lipinski definition) is 1. The molecule has 1 N–H and O–H groups in total. The molecule has 0 amide bonds. The number of hydrogen-bond acceptors (Lipinski definition) is 3. The minimum atomic E-state index is -2.01. The Morgan fingerprint density at radius 2 is 1.76 bits per heavy atom. The van der Waals surface area contributed by atoms with Gasteiger partial charge >= 0.3 is 11.9 Å². The van der Waals surface area contributed by atoms with Crippen molar-refractivity contribution in [2.75, 3.05) is 0 Å². The van der Waals surface area contributed by atoms with Crippen molar-refractivity contribution in [2.24, 2.45) is 5.92 Å². The molecule has 0 aliphatic heterocycles. The van der Waals surface area contributed by atoms with Crippen molar-refractivity contribution in [1.29, 1.82) is 0 Å². The summed E-state index contributed by atoms with van der Waals surface area (Å²) in [6.07, 6.45) is 0.230. The topological polar surface area (TPSA) is 63.6 Å². The number of rotatable bonds is 2. The summed E-state index contributed by atoms with van der Waals surface area (Å²) in [5.74, 6) is -2.33. The number of carbonyl (C=O) groups excluding carboxylic acids is 1. The number of carboxylic acid groups (broad SMARTS) is 1. The lowest BCUT2D eigenvalue weighted by Gasteiger charge is -2.32. The average Bonchev–Trinajstić information content (AvgIpc) is 2.15. The molecule has 0 bridgehead atoms. The predicted octanol–water partition coefficient (Wildman–Crippen LogP) is 2.31. The standard InChI is InChI=1S/C12H19FO4/c1-11(2,3)17-10(16)12(13)6-4-8(5-7-12)9(14)15/h8H,4-7H2,1-3H3,(H,14,15)/t8-,12+. The van der Waals surface area contributed by atoms with E-state index in [1.54, 1.807) is 20.8 Å². The van der Waals surface area contributed by atoms with E-state index in [2.05, 4.69) is 0 Å². The molecule has 0 aromatic rings. The van der Waals surface area contributed by atoms with E-state index in [1.165, 1.54) is 0 Å². The molecule has 98 valence electrons. The van der Waals surface area contributed by atoms with Gasteiger partial charge in [-0.25, -0.2) is 9.18 Å². The zero-order chi connectivity index (χ0) is 13.3. The summed E-state index contributed by atoms with van der Waals surface area (Å²) in [7, 11) is 0. The maximum Gasteiger partial charge on any atom is 0.344 e. The van der Waals surface area contributed by atoms with Gasteiger partial charge in [-0.05, 0) is 46.5 Å². The van der Waals surface area contributed by atoms with Crippen LogP contribution in [0.25, 0.3) is 0 Å². The van der Waals surface area contributed by atoms with E-state index in [1.807, 2.05) is 0 Å². The fourth-order valence-corrected chi connectivity index (χ4v) is 1.90. The number of alkyl halides is 1. The molecule has 0 unspecified atom stereocenters. The van der Waals surface area contributed by atoms with Gasteiger partial charge in [0.05, 0.1) is 5.92 Å². The maximum absolute atomic E-state index is 14.3. The lowest BCUT2D eigenvalue weighted by molar-refractivity contribution is -0.173. The molecule has 1 fully saturated rings. The first-order valence-electron chi connectivity index (χ1n) is 5.79. The Kier molecular flexibility index (Phi) is 3.79. The molecule has 0 atom stereocenters. The van der Waals surface area contributed by atoms with Crippen molar-refractivity contribution in [1.82, 2.24) is 0 Å². The fourth-order valence-electron chi connectivity index (χ4n) is 1.90. The molecule has 1 saturated carbocycles. The summed E-state index contributed by atoms with van der Waals surface area (Å²) in [5.41, 5.74) is -2.74. The Morgan fingerprint density at radius 1 is 1.29 bits per heavy atom. The largest absolute Gasteiger partial charge is 0.481 e. The van der Waals surface area contributed by atoms with Crippen LogP contribution in [0.2, 0.25) is 0 Å². The lowest BCUT2D eigenvalue weighted by atomic mass is 9.80. The highest BCUT2D eigenvalue weighted by Crippen LogP contribution is 2.37. The minimum absolute atomic E-state index is 0.0706. The van der Waals surface area contributed by atoms with Gasteiger partial charge in [0.2, 0.25) is 5.67 Å². The van der Waals surface area contributed by atoms with E-state index in [9.17, 15) is 14.0 Å². The Balaban J connectivity index is 2.60. The minimum Gasteiger partial charge on any atom is -0.481 e. The van der Waals surface area contributed by atoms with Gasteiger partial charge in [0, 0.05) is 0 Å². The number of halogens is 1. The van der Waals surface area contributed by atoms with E-state index in [0.717, 1.165) is 0 Å². The molecular weight excluding hydrogens is 227 g/mol. The second kappa shape index (κ2) is 4.63. The zero-order valence-corrected chi connectivity index (χ0v) is 10.5.